The molecule has 0 radical (unpaired) electrons. The van der Waals surface area contributed by atoms with Gasteiger partial charge in [-0.1, -0.05) is 43.0 Å². The second-order valence-electron chi connectivity index (χ2n) is 5.55. The van der Waals surface area contributed by atoms with Crippen LogP contribution in [0, 0.1) is 12.8 Å². The Morgan fingerprint density at radius 1 is 1.26 bits per heavy atom. The Kier molecular flexibility index (Phi) is 5.26. The van der Waals surface area contributed by atoms with Crippen LogP contribution < -0.4 is 0 Å². The van der Waals surface area contributed by atoms with Crippen molar-refractivity contribution in [2.45, 2.75) is 51.2 Å². The van der Waals surface area contributed by atoms with Crippen molar-refractivity contribution in [1.82, 2.24) is 0 Å². The van der Waals surface area contributed by atoms with Gasteiger partial charge in [0.15, 0.2) is 0 Å². The average molecular weight is 283 g/mol. The summed E-state index contributed by atoms with van der Waals surface area (Å²) in [6, 6.07) is 5.76. The lowest BCUT2D eigenvalue weighted by Gasteiger charge is -2.32. The summed E-state index contributed by atoms with van der Waals surface area (Å²) in [7, 11) is 1.69. The fourth-order valence-electron chi connectivity index (χ4n) is 3.02. The lowest BCUT2D eigenvalue weighted by molar-refractivity contribution is -0.0559. The molecule has 106 valence electrons. The van der Waals surface area contributed by atoms with Crippen LogP contribution in [0.2, 0.25) is 5.02 Å². The number of methoxy groups -OCH3 is 1. The van der Waals surface area contributed by atoms with Gasteiger partial charge in [0.1, 0.15) is 6.10 Å². The number of hydrogen-bond donors (Lipinski definition) is 1. The lowest BCUT2D eigenvalue weighted by Crippen LogP contribution is -2.31. The van der Waals surface area contributed by atoms with Gasteiger partial charge in [0.05, 0.1) is 6.10 Å². The van der Waals surface area contributed by atoms with E-state index < -0.39 is 6.10 Å². The van der Waals surface area contributed by atoms with Gasteiger partial charge in [-0.3, -0.25) is 0 Å². The van der Waals surface area contributed by atoms with Crippen molar-refractivity contribution in [2.75, 3.05) is 7.11 Å². The molecule has 1 fully saturated rings. The van der Waals surface area contributed by atoms with Crippen molar-refractivity contribution in [3.63, 3.8) is 0 Å². The number of ether oxygens (including phenoxy) is 1. The highest BCUT2D eigenvalue weighted by Gasteiger charge is 2.30. The Hall–Kier alpha value is -0.570. The van der Waals surface area contributed by atoms with E-state index in [-0.39, 0.29) is 6.10 Å². The molecular weight excluding hydrogens is 260 g/mol. The van der Waals surface area contributed by atoms with E-state index in [4.69, 9.17) is 16.3 Å². The molecule has 2 unspecified atom stereocenters. The first-order valence-electron chi connectivity index (χ1n) is 7.10. The van der Waals surface area contributed by atoms with E-state index in [1.807, 2.05) is 25.1 Å². The SMILES string of the molecule is COC(C1CCCCC1)C(O)c1ccc(C)c(Cl)c1. The van der Waals surface area contributed by atoms with Gasteiger partial charge >= 0.3 is 0 Å². The van der Waals surface area contributed by atoms with Crippen LogP contribution in [-0.2, 0) is 4.74 Å². The maximum absolute atomic E-state index is 10.6. The summed E-state index contributed by atoms with van der Waals surface area (Å²) in [6.07, 6.45) is 5.37. The summed E-state index contributed by atoms with van der Waals surface area (Å²) in [4.78, 5) is 0. The minimum Gasteiger partial charge on any atom is -0.386 e. The number of aliphatic hydroxyl groups is 1. The molecule has 1 aromatic carbocycles. The summed E-state index contributed by atoms with van der Waals surface area (Å²) in [5.41, 5.74) is 1.89. The zero-order valence-corrected chi connectivity index (χ0v) is 12.5. The van der Waals surface area contributed by atoms with E-state index in [9.17, 15) is 5.11 Å². The zero-order chi connectivity index (χ0) is 13.8. The molecule has 2 rings (SSSR count). The maximum Gasteiger partial charge on any atom is 0.105 e. The third-order valence-electron chi connectivity index (χ3n) is 4.24. The van der Waals surface area contributed by atoms with Gasteiger partial charge in [0.25, 0.3) is 0 Å². The van der Waals surface area contributed by atoms with Crippen LogP contribution >= 0.6 is 11.6 Å². The molecule has 0 aromatic heterocycles. The Bertz CT molecular complexity index is 413. The molecule has 1 aromatic rings. The molecule has 19 heavy (non-hydrogen) atoms. The summed E-state index contributed by atoms with van der Waals surface area (Å²) >= 11 is 6.14. The Balaban J connectivity index is 2.14. The number of benzene rings is 1. The van der Waals surface area contributed by atoms with Crippen molar-refractivity contribution >= 4 is 11.6 Å². The Morgan fingerprint density at radius 2 is 1.95 bits per heavy atom. The Labute approximate surface area is 120 Å². The van der Waals surface area contributed by atoms with E-state index in [1.165, 1.54) is 19.3 Å². The number of rotatable bonds is 4. The van der Waals surface area contributed by atoms with Gasteiger partial charge in [-0.25, -0.2) is 0 Å². The van der Waals surface area contributed by atoms with E-state index in [2.05, 4.69) is 0 Å². The normalized spacial score (nSPS) is 20.2. The van der Waals surface area contributed by atoms with Gasteiger partial charge in [0, 0.05) is 12.1 Å². The van der Waals surface area contributed by atoms with Crippen LogP contribution in [0.15, 0.2) is 18.2 Å². The number of aryl methyl sites for hydroxylation is 1. The van der Waals surface area contributed by atoms with Crippen LogP contribution in [0.3, 0.4) is 0 Å². The van der Waals surface area contributed by atoms with E-state index in [1.54, 1.807) is 7.11 Å². The van der Waals surface area contributed by atoms with Gasteiger partial charge in [-0.2, -0.15) is 0 Å². The summed E-state index contributed by atoms with van der Waals surface area (Å²) in [6.45, 7) is 1.97. The quantitative estimate of drug-likeness (QED) is 0.893. The van der Waals surface area contributed by atoms with Crippen molar-refractivity contribution in [3.8, 4) is 0 Å². The molecule has 3 heteroatoms. The van der Waals surface area contributed by atoms with Crippen LogP contribution in [0.5, 0.6) is 0 Å². The topological polar surface area (TPSA) is 29.5 Å². The van der Waals surface area contributed by atoms with Gasteiger partial charge in [-0.05, 0) is 42.9 Å². The van der Waals surface area contributed by atoms with Crippen molar-refractivity contribution in [1.29, 1.82) is 0 Å². The van der Waals surface area contributed by atoms with Gasteiger partial charge in [-0.15, -0.1) is 0 Å². The molecule has 0 spiro atoms. The van der Waals surface area contributed by atoms with Crippen molar-refractivity contribution < 1.29 is 9.84 Å². The standard InChI is InChI=1S/C16H23ClO2/c1-11-8-9-13(10-14(11)17)15(18)16(19-2)12-6-4-3-5-7-12/h8-10,12,15-16,18H,3-7H2,1-2H3. The Morgan fingerprint density at radius 3 is 2.53 bits per heavy atom. The van der Waals surface area contributed by atoms with Crippen LogP contribution in [-0.4, -0.2) is 18.3 Å². The summed E-state index contributed by atoms with van der Waals surface area (Å²) < 4.78 is 5.58. The maximum atomic E-state index is 10.6. The number of halogens is 1. The van der Waals surface area contributed by atoms with Gasteiger partial charge in [0.2, 0.25) is 0 Å². The smallest absolute Gasteiger partial charge is 0.105 e. The second kappa shape index (κ2) is 6.74. The van der Waals surface area contributed by atoms with Crippen molar-refractivity contribution in [2.24, 2.45) is 5.92 Å². The van der Waals surface area contributed by atoms with E-state index in [0.29, 0.717) is 10.9 Å². The predicted octanol–water partition coefficient (Wildman–Crippen LogP) is 4.28. The molecule has 2 atom stereocenters. The largest absolute Gasteiger partial charge is 0.386 e. The fourth-order valence-corrected chi connectivity index (χ4v) is 3.21. The first kappa shape index (κ1) is 14.8. The van der Waals surface area contributed by atoms with E-state index in [0.717, 1.165) is 24.0 Å². The monoisotopic (exact) mass is 282 g/mol. The molecule has 0 bridgehead atoms. The highest BCUT2D eigenvalue weighted by Crippen LogP contribution is 2.34. The fraction of sp³-hybridized carbons (Fsp3) is 0.625. The first-order chi connectivity index (χ1) is 9.13. The molecule has 0 amide bonds. The minimum atomic E-state index is -0.591. The lowest BCUT2D eigenvalue weighted by atomic mass is 9.82. The molecule has 0 saturated heterocycles. The number of aliphatic hydroxyl groups excluding tert-OH is 1. The average Bonchev–Trinajstić information content (AvgIpc) is 2.44. The molecule has 1 N–H and O–H groups in total. The summed E-state index contributed by atoms with van der Waals surface area (Å²) in [5, 5.41) is 11.3. The molecule has 0 heterocycles. The highest BCUT2D eigenvalue weighted by molar-refractivity contribution is 6.31. The first-order valence-corrected chi connectivity index (χ1v) is 7.48. The molecule has 0 aliphatic heterocycles. The molecule has 1 aliphatic rings. The van der Waals surface area contributed by atoms with Crippen LogP contribution in [0.25, 0.3) is 0 Å². The van der Waals surface area contributed by atoms with Crippen LogP contribution in [0.4, 0.5) is 0 Å². The molecule has 1 aliphatic carbocycles. The van der Waals surface area contributed by atoms with E-state index >= 15 is 0 Å². The second-order valence-corrected chi connectivity index (χ2v) is 5.96. The summed E-state index contributed by atoms with van der Waals surface area (Å²) in [5.74, 6) is 0.453. The highest BCUT2D eigenvalue weighted by atomic mass is 35.5. The third kappa shape index (κ3) is 3.50. The van der Waals surface area contributed by atoms with Crippen LogP contribution in [0.1, 0.15) is 49.3 Å². The van der Waals surface area contributed by atoms with Gasteiger partial charge < -0.3 is 9.84 Å². The zero-order valence-electron chi connectivity index (χ0n) is 11.7. The predicted molar refractivity (Wildman–Crippen MR) is 78.5 cm³/mol. The minimum absolute atomic E-state index is 0.126. The van der Waals surface area contributed by atoms with Crippen molar-refractivity contribution in [3.05, 3.63) is 34.3 Å². The third-order valence-corrected chi connectivity index (χ3v) is 4.64. The number of hydrogen-bond acceptors (Lipinski definition) is 2. The molecule has 1 saturated carbocycles. The molecular formula is C16H23ClO2. The molecule has 2 nitrogen and oxygen atoms in total.